The molecule has 0 aliphatic carbocycles. The number of hydrogen-bond acceptors (Lipinski definition) is 3. The van der Waals surface area contributed by atoms with Crippen molar-refractivity contribution in [3.8, 4) is 5.75 Å². The summed E-state index contributed by atoms with van der Waals surface area (Å²) in [4.78, 5) is 12.9. The van der Waals surface area contributed by atoms with Crippen molar-refractivity contribution in [3.63, 3.8) is 0 Å². The van der Waals surface area contributed by atoms with Crippen molar-refractivity contribution in [2.45, 2.75) is 39.7 Å². The van der Waals surface area contributed by atoms with Gasteiger partial charge in [-0.1, -0.05) is 6.07 Å². The molecule has 4 nitrogen and oxygen atoms in total. The second kappa shape index (κ2) is 6.75. The topological polar surface area (TPSA) is 49.8 Å². The molecule has 0 heterocycles. The molecule has 1 rings (SSSR count). The Kier molecular flexibility index (Phi) is 5.57. The van der Waals surface area contributed by atoms with Crippen LogP contribution < -0.4 is 4.74 Å². The summed E-state index contributed by atoms with van der Waals surface area (Å²) in [5.74, 6) is 0.0586. The van der Waals surface area contributed by atoms with E-state index < -0.39 is 11.5 Å². The molecule has 112 valence electrons. The average Bonchev–Trinajstić information content (AvgIpc) is 2.38. The fraction of sp³-hybridized carbons (Fsp3) is 0.562. The van der Waals surface area contributed by atoms with Gasteiger partial charge >= 0.3 is 5.97 Å². The van der Waals surface area contributed by atoms with Crippen molar-refractivity contribution in [1.82, 2.24) is 4.90 Å². The van der Waals surface area contributed by atoms with Crippen molar-refractivity contribution < 1.29 is 14.6 Å². The molecule has 0 bridgehead atoms. The third kappa shape index (κ3) is 4.23. The minimum Gasteiger partial charge on any atom is -0.494 e. The van der Waals surface area contributed by atoms with E-state index >= 15 is 0 Å². The molecule has 0 saturated heterocycles. The first kappa shape index (κ1) is 16.5. The first-order valence-corrected chi connectivity index (χ1v) is 6.90. The van der Waals surface area contributed by atoms with Gasteiger partial charge in [0.1, 0.15) is 11.3 Å². The highest BCUT2D eigenvalue weighted by molar-refractivity contribution is 5.77. The van der Waals surface area contributed by atoms with E-state index in [1.165, 1.54) is 11.1 Å². The van der Waals surface area contributed by atoms with E-state index in [0.29, 0.717) is 13.2 Å². The lowest BCUT2D eigenvalue weighted by molar-refractivity contribution is -0.148. The van der Waals surface area contributed by atoms with Crippen molar-refractivity contribution in [2.24, 2.45) is 0 Å². The fourth-order valence-corrected chi connectivity index (χ4v) is 1.74. The van der Waals surface area contributed by atoms with Gasteiger partial charge in [0.2, 0.25) is 0 Å². The predicted octanol–water partition coefficient (Wildman–Crippen LogP) is 2.87. The predicted molar refractivity (Wildman–Crippen MR) is 80.4 cm³/mol. The van der Waals surface area contributed by atoms with E-state index in [1.54, 1.807) is 13.8 Å². The molecule has 1 aromatic rings. The Labute approximate surface area is 121 Å². The lowest BCUT2D eigenvalue weighted by Crippen LogP contribution is -2.48. The highest BCUT2D eigenvalue weighted by Crippen LogP contribution is 2.17. The zero-order valence-electron chi connectivity index (χ0n) is 13.1. The van der Waals surface area contributed by atoms with Gasteiger partial charge in [-0.3, -0.25) is 9.69 Å². The third-order valence-corrected chi connectivity index (χ3v) is 3.86. The molecule has 0 amide bonds. The lowest BCUT2D eigenvalue weighted by atomic mass is 10.0. The molecule has 20 heavy (non-hydrogen) atoms. The lowest BCUT2D eigenvalue weighted by Gasteiger charge is -2.31. The minimum atomic E-state index is -0.847. The van der Waals surface area contributed by atoms with Crippen LogP contribution in [-0.2, 0) is 4.79 Å². The van der Waals surface area contributed by atoms with Gasteiger partial charge in [-0.25, -0.2) is 0 Å². The van der Waals surface area contributed by atoms with Gasteiger partial charge < -0.3 is 9.84 Å². The molecule has 0 unspecified atom stereocenters. The standard InChI is InChI=1S/C16H25NO3/c1-12-7-8-14(11-13(12)2)20-10-6-9-17(5)16(3,4)15(18)19/h7-8,11H,6,9-10H2,1-5H3,(H,18,19). The molecule has 0 fully saturated rings. The van der Waals surface area contributed by atoms with Gasteiger partial charge in [-0.15, -0.1) is 0 Å². The van der Waals surface area contributed by atoms with Crippen LogP contribution >= 0.6 is 0 Å². The van der Waals surface area contributed by atoms with Crippen LogP contribution in [0.5, 0.6) is 5.75 Å². The molecule has 1 aromatic carbocycles. The quantitative estimate of drug-likeness (QED) is 0.780. The van der Waals surface area contributed by atoms with Crippen LogP contribution in [0.15, 0.2) is 18.2 Å². The molecule has 0 saturated carbocycles. The summed E-state index contributed by atoms with van der Waals surface area (Å²) in [6.07, 6.45) is 0.792. The zero-order chi connectivity index (χ0) is 15.3. The van der Waals surface area contributed by atoms with Crippen LogP contribution in [0, 0.1) is 13.8 Å². The van der Waals surface area contributed by atoms with Crippen LogP contribution in [0.4, 0.5) is 0 Å². The van der Waals surface area contributed by atoms with Gasteiger partial charge in [0.15, 0.2) is 0 Å². The average molecular weight is 279 g/mol. The maximum absolute atomic E-state index is 11.1. The number of rotatable bonds is 7. The van der Waals surface area contributed by atoms with Crippen molar-refractivity contribution >= 4 is 5.97 Å². The van der Waals surface area contributed by atoms with Crippen molar-refractivity contribution in [2.75, 3.05) is 20.2 Å². The number of carbonyl (C=O) groups is 1. The van der Waals surface area contributed by atoms with Gasteiger partial charge in [-0.2, -0.15) is 0 Å². The number of benzene rings is 1. The van der Waals surface area contributed by atoms with E-state index in [-0.39, 0.29) is 0 Å². The van der Waals surface area contributed by atoms with Crippen LogP contribution in [0.1, 0.15) is 31.4 Å². The number of ether oxygens (including phenoxy) is 1. The minimum absolute atomic E-state index is 0.586. The Morgan fingerprint density at radius 2 is 1.95 bits per heavy atom. The Morgan fingerprint density at radius 1 is 1.30 bits per heavy atom. The fourth-order valence-electron chi connectivity index (χ4n) is 1.74. The second-order valence-electron chi connectivity index (χ2n) is 5.73. The van der Waals surface area contributed by atoms with E-state index in [1.807, 2.05) is 30.1 Å². The summed E-state index contributed by atoms with van der Waals surface area (Å²) < 4.78 is 5.69. The molecular formula is C16H25NO3. The first-order valence-electron chi connectivity index (χ1n) is 6.90. The summed E-state index contributed by atoms with van der Waals surface area (Å²) in [6.45, 7) is 8.82. The Hall–Kier alpha value is -1.55. The molecule has 1 N–H and O–H groups in total. The summed E-state index contributed by atoms with van der Waals surface area (Å²) in [5.41, 5.74) is 1.62. The molecule has 0 aliphatic heterocycles. The number of aryl methyl sites for hydroxylation is 2. The van der Waals surface area contributed by atoms with Gasteiger partial charge in [0.25, 0.3) is 0 Å². The molecule has 4 heteroatoms. The summed E-state index contributed by atoms with van der Waals surface area (Å²) in [5, 5.41) is 9.13. The van der Waals surface area contributed by atoms with Gasteiger partial charge in [0.05, 0.1) is 6.61 Å². The highest BCUT2D eigenvalue weighted by atomic mass is 16.5. The molecule has 0 spiro atoms. The Bertz CT molecular complexity index is 469. The van der Waals surface area contributed by atoms with Crippen molar-refractivity contribution in [3.05, 3.63) is 29.3 Å². The molecular weight excluding hydrogens is 254 g/mol. The maximum Gasteiger partial charge on any atom is 0.323 e. The number of carboxylic acids is 1. The molecule has 0 aliphatic rings. The molecule has 0 atom stereocenters. The Balaban J connectivity index is 2.38. The van der Waals surface area contributed by atoms with E-state index in [0.717, 1.165) is 12.2 Å². The summed E-state index contributed by atoms with van der Waals surface area (Å²) in [7, 11) is 1.82. The smallest absolute Gasteiger partial charge is 0.323 e. The number of hydrogen-bond donors (Lipinski definition) is 1. The summed E-state index contributed by atoms with van der Waals surface area (Å²) >= 11 is 0. The van der Waals surface area contributed by atoms with Crippen LogP contribution in [0.2, 0.25) is 0 Å². The van der Waals surface area contributed by atoms with Crippen molar-refractivity contribution in [1.29, 1.82) is 0 Å². The van der Waals surface area contributed by atoms with Gasteiger partial charge in [-0.05, 0) is 64.4 Å². The highest BCUT2D eigenvalue weighted by Gasteiger charge is 2.31. The van der Waals surface area contributed by atoms with E-state index in [4.69, 9.17) is 9.84 Å². The first-order chi connectivity index (χ1) is 9.25. The summed E-state index contributed by atoms with van der Waals surface area (Å²) in [6, 6.07) is 6.04. The van der Waals surface area contributed by atoms with Crippen LogP contribution in [0.25, 0.3) is 0 Å². The number of carboxylic acid groups (broad SMARTS) is 1. The normalized spacial score (nSPS) is 11.7. The number of nitrogens with zero attached hydrogens (tertiary/aromatic N) is 1. The van der Waals surface area contributed by atoms with Crippen LogP contribution in [0.3, 0.4) is 0 Å². The monoisotopic (exact) mass is 279 g/mol. The SMILES string of the molecule is Cc1ccc(OCCCN(C)C(C)(C)C(=O)O)cc1C. The largest absolute Gasteiger partial charge is 0.494 e. The molecule has 0 radical (unpaired) electrons. The number of aliphatic carboxylic acids is 1. The third-order valence-electron chi connectivity index (χ3n) is 3.86. The zero-order valence-corrected chi connectivity index (χ0v) is 13.1. The van der Waals surface area contributed by atoms with Crippen LogP contribution in [-0.4, -0.2) is 41.7 Å². The van der Waals surface area contributed by atoms with Gasteiger partial charge in [0, 0.05) is 6.54 Å². The van der Waals surface area contributed by atoms with E-state index in [9.17, 15) is 4.79 Å². The molecule has 0 aromatic heterocycles. The maximum atomic E-state index is 11.1. The Morgan fingerprint density at radius 3 is 2.50 bits per heavy atom. The second-order valence-corrected chi connectivity index (χ2v) is 5.73. The number of likely N-dealkylation sites (N-methyl/N-ethyl adjacent to an activating group) is 1. The van der Waals surface area contributed by atoms with E-state index in [2.05, 4.69) is 13.8 Å².